The Balaban J connectivity index is 1.66. The largest absolute Gasteiger partial charge is 0.346 e. The molecule has 3 rings (SSSR count). The second-order valence-electron chi connectivity index (χ2n) is 5.68. The summed E-state index contributed by atoms with van der Waals surface area (Å²) in [5.74, 6) is -0.158. The zero-order valence-corrected chi connectivity index (χ0v) is 14.0. The third-order valence-electron chi connectivity index (χ3n) is 4.02. The molecule has 0 radical (unpaired) electrons. The van der Waals surface area contributed by atoms with Gasteiger partial charge in [0.15, 0.2) is 0 Å². The van der Waals surface area contributed by atoms with Crippen LogP contribution in [-0.2, 0) is 0 Å². The number of benzene rings is 2. The van der Waals surface area contributed by atoms with Crippen LogP contribution in [0.2, 0.25) is 5.02 Å². The van der Waals surface area contributed by atoms with Gasteiger partial charge in [0.05, 0.1) is 6.04 Å². The fourth-order valence-corrected chi connectivity index (χ4v) is 2.75. The van der Waals surface area contributed by atoms with E-state index in [4.69, 9.17) is 11.6 Å². The van der Waals surface area contributed by atoms with Gasteiger partial charge in [-0.1, -0.05) is 23.7 Å². The molecule has 0 saturated carbocycles. The summed E-state index contributed by atoms with van der Waals surface area (Å²) in [4.78, 5) is 25.7. The van der Waals surface area contributed by atoms with Crippen LogP contribution in [0.25, 0.3) is 0 Å². The third kappa shape index (κ3) is 3.51. The predicted molar refractivity (Wildman–Crippen MR) is 94.5 cm³/mol. The van der Waals surface area contributed by atoms with Gasteiger partial charge in [-0.3, -0.25) is 9.69 Å². The number of carbonyl (C=O) groups is 2. The van der Waals surface area contributed by atoms with Gasteiger partial charge in [0.1, 0.15) is 0 Å². The normalized spacial score (nSPS) is 15.1. The molecule has 1 aliphatic rings. The van der Waals surface area contributed by atoms with Gasteiger partial charge in [0.2, 0.25) is 0 Å². The molecule has 1 aliphatic heterocycles. The van der Waals surface area contributed by atoms with E-state index in [1.807, 2.05) is 19.1 Å². The lowest BCUT2D eigenvalue weighted by atomic mass is 10.1. The highest BCUT2D eigenvalue weighted by Gasteiger charge is 2.21. The number of nitrogens with one attached hydrogen (secondary N) is 2. The van der Waals surface area contributed by atoms with Crippen molar-refractivity contribution in [1.29, 1.82) is 0 Å². The van der Waals surface area contributed by atoms with Gasteiger partial charge in [-0.15, -0.1) is 0 Å². The van der Waals surface area contributed by atoms with Crippen LogP contribution < -0.4 is 15.5 Å². The molecule has 0 aromatic heterocycles. The van der Waals surface area contributed by atoms with E-state index in [0.717, 1.165) is 11.3 Å². The van der Waals surface area contributed by atoms with E-state index >= 15 is 0 Å². The van der Waals surface area contributed by atoms with E-state index in [0.29, 0.717) is 23.7 Å². The second-order valence-corrected chi connectivity index (χ2v) is 6.11. The minimum absolute atomic E-state index is 0.108. The maximum atomic E-state index is 12.4. The van der Waals surface area contributed by atoms with Crippen molar-refractivity contribution in [3.8, 4) is 0 Å². The average Bonchev–Trinajstić information content (AvgIpc) is 3.01. The minimum Gasteiger partial charge on any atom is -0.346 e. The number of hydrogen-bond donors (Lipinski definition) is 2. The van der Waals surface area contributed by atoms with Gasteiger partial charge in [-0.05, 0) is 48.9 Å². The first-order valence-corrected chi connectivity index (χ1v) is 8.14. The summed E-state index contributed by atoms with van der Waals surface area (Å²) in [5.41, 5.74) is 2.32. The maximum absolute atomic E-state index is 12.4. The molecule has 3 amide bonds. The molecule has 1 atom stereocenters. The quantitative estimate of drug-likeness (QED) is 0.894. The zero-order valence-electron chi connectivity index (χ0n) is 13.3. The molecular weight excluding hydrogens is 326 g/mol. The van der Waals surface area contributed by atoms with E-state index in [2.05, 4.69) is 10.6 Å². The van der Waals surface area contributed by atoms with Crippen molar-refractivity contribution < 1.29 is 9.59 Å². The van der Waals surface area contributed by atoms with E-state index in [-0.39, 0.29) is 18.0 Å². The van der Waals surface area contributed by atoms with Crippen LogP contribution in [0, 0.1) is 0 Å². The number of anilines is 1. The fraction of sp³-hybridized carbons (Fsp3) is 0.222. The molecule has 2 aromatic rings. The number of amides is 3. The van der Waals surface area contributed by atoms with Crippen molar-refractivity contribution in [2.75, 3.05) is 18.0 Å². The summed E-state index contributed by atoms with van der Waals surface area (Å²) in [6.07, 6.45) is 0. The fourth-order valence-electron chi connectivity index (χ4n) is 2.63. The lowest BCUT2D eigenvalue weighted by Crippen LogP contribution is -2.28. The standard InChI is InChI=1S/C18H18ClN3O2/c1-12(13-2-6-15(19)7-3-13)21-17(23)14-4-8-16(9-5-14)22-11-10-20-18(22)24/h2-9,12H,10-11H2,1H3,(H,20,24)(H,21,23). The molecule has 0 bridgehead atoms. The van der Waals surface area contributed by atoms with Gasteiger partial charge in [-0.25, -0.2) is 4.79 Å². The zero-order chi connectivity index (χ0) is 17.1. The van der Waals surface area contributed by atoms with Gasteiger partial charge >= 0.3 is 6.03 Å². The van der Waals surface area contributed by atoms with Crippen molar-refractivity contribution in [3.63, 3.8) is 0 Å². The Morgan fingerprint density at radius 1 is 1.17 bits per heavy atom. The number of hydrogen-bond acceptors (Lipinski definition) is 2. The molecule has 124 valence electrons. The topological polar surface area (TPSA) is 61.4 Å². The van der Waals surface area contributed by atoms with Gasteiger partial charge in [-0.2, -0.15) is 0 Å². The van der Waals surface area contributed by atoms with Crippen LogP contribution in [0.5, 0.6) is 0 Å². The Morgan fingerprint density at radius 2 is 1.83 bits per heavy atom. The highest BCUT2D eigenvalue weighted by atomic mass is 35.5. The van der Waals surface area contributed by atoms with E-state index in [1.54, 1.807) is 41.3 Å². The molecule has 0 aliphatic carbocycles. The first kappa shape index (κ1) is 16.3. The lowest BCUT2D eigenvalue weighted by molar-refractivity contribution is 0.0940. The van der Waals surface area contributed by atoms with Crippen LogP contribution >= 0.6 is 11.6 Å². The molecule has 24 heavy (non-hydrogen) atoms. The maximum Gasteiger partial charge on any atom is 0.321 e. The Labute approximate surface area is 145 Å². The van der Waals surface area contributed by atoms with Crippen LogP contribution in [-0.4, -0.2) is 25.0 Å². The number of nitrogens with zero attached hydrogens (tertiary/aromatic N) is 1. The van der Waals surface area contributed by atoms with Crippen LogP contribution in [0.3, 0.4) is 0 Å². The van der Waals surface area contributed by atoms with Gasteiger partial charge < -0.3 is 10.6 Å². The molecule has 2 aromatic carbocycles. The van der Waals surface area contributed by atoms with Crippen molar-refractivity contribution in [2.45, 2.75) is 13.0 Å². The Kier molecular flexibility index (Phi) is 4.71. The van der Waals surface area contributed by atoms with Crippen LogP contribution in [0.15, 0.2) is 48.5 Å². The summed E-state index contributed by atoms with van der Waals surface area (Å²) >= 11 is 5.88. The monoisotopic (exact) mass is 343 g/mol. The van der Waals surface area contributed by atoms with E-state index < -0.39 is 0 Å². The number of halogens is 1. The molecule has 6 heteroatoms. The van der Waals surface area contributed by atoms with Crippen molar-refractivity contribution in [2.24, 2.45) is 0 Å². The average molecular weight is 344 g/mol. The lowest BCUT2D eigenvalue weighted by Gasteiger charge is -2.16. The smallest absolute Gasteiger partial charge is 0.321 e. The van der Waals surface area contributed by atoms with E-state index in [9.17, 15) is 9.59 Å². The Morgan fingerprint density at radius 3 is 2.42 bits per heavy atom. The van der Waals surface area contributed by atoms with Gasteiger partial charge in [0.25, 0.3) is 5.91 Å². The summed E-state index contributed by atoms with van der Waals surface area (Å²) in [5, 5.41) is 6.37. The summed E-state index contributed by atoms with van der Waals surface area (Å²) in [7, 11) is 0. The summed E-state index contributed by atoms with van der Waals surface area (Å²) < 4.78 is 0. The summed E-state index contributed by atoms with van der Waals surface area (Å²) in [6, 6.07) is 14.2. The van der Waals surface area contributed by atoms with Crippen LogP contribution in [0.4, 0.5) is 10.5 Å². The first-order chi connectivity index (χ1) is 11.5. The Hall–Kier alpha value is -2.53. The molecule has 1 saturated heterocycles. The first-order valence-electron chi connectivity index (χ1n) is 7.76. The number of rotatable bonds is 4. The molecule has 5 nitrogen and oxygen atoms in total. The predicted octanol–water partition coefficient (Wildman–Crippen LogP) is 3.36. The van der Waals surface area contributed by atoms with Crippen molar-refractivity contribution in [1.82, 2.24) is 10.6 Å². The highest BCUT2D eigenvalue weighted by molar-refractivity contribution is 6.30. The van der Waals surface area contributed by atoms with Crippen molar-refractivity contribution >= 4 is 29.2 Å². The molecule has 1 heterocycles. The molecule has 1 unspecified atom stereocenters. The number of urea groups is 1. The minimum atomic E-state index is -0.158. The van der Waals surface area contributed by atoms with Crippen molar-refractivity contribution in [3.05, 3.63) is 64.7 Å². The van der Waals surface area contributed by atoms with Gasteiger partial charge in [0, 0.05) is 29.4 Å². The molecular formula is C18H18ClN3O2. The second kappa shape index (κ2) is 6.93. The molecule has 1 fully saturated rings. The molecule has 2 N–H and O–H groups in total. The summed E-state index contributed by atoms with van der Waals surface area (Å²) in [6.45, 7) is 3.20. The highest BCUT2D eigenvalue weighted by Crippen LogP contribution is 2.19. The number of carbonyl (C=O) groups excluding carboxylic acids is 2. The SMILES string of the molecule is CC(NC(=O)c1ccc(N2CCNC2=O)cc1)c1ccc(Cl)cc1. The Bertz CT molecular complexity index is 744. The van der Waals surface area contributed by atoms with E-state index in [1.165, 1.54) is 0 Å². The third-order valence-corrected chi connectivity index (χ3v) is 4.27. The molecule has 0 spiro atoms. The van der Waals surface area contributed by atoms with Crippen LogP contribution in [0.1, 0.15) is 28.9 Å².